The number of nitrogens with one attached hydrogen (secondary N) is 1. The Balaban J connectivity index is 2.04. The smallest absolute Gasteiger partial charge is 0.126 e. The first-order valence-electron chi connectivity index (χ1n) is 7.33. The van der Waals surface area contributed by atoms with Crippen molar-refractivity contribution in [1.29, 1.82) is 0 Å². The molecule has 2 aromatic rings. The molecule has 2 unspecified atom stereocenters. The van der Waals surface area contributed by atoms with Crippen LogP contribution in [0.25, 0.3) is 0 Å². The molecular formula is C18H22FNO. The lowest BCUT2D eigenvalue weighted by atomic mass is 9.98. The molecule has 0 bridgehead atoms. The third-order valence-electron chi connectivity index (χ3n) is 3.76. The van der Waals surface area contributed by atoms with Crippen LogP contribution in [0.15, 0.2) is 48.5 Å². The Bertz CT molecular complexity index is 571. The summed E-state index contributed by atoms with van der Waals surface area (Å²) in [6.45, 7) is 4.45. The van der Waals surface area contributed by atoms with Gasteiger partial charge in [-0.3, -0.25) is 0 Å². The molecule has 2 aromatic carbocycles. The van der Waals surface area contributed by atoms with Crippen molar-refractivity contribution in [2.45, 2.75) is 39.0 Å². The number of benzene rings is 2. The third kappa shape index (κ3) is 4.13. The van der Waals surface area contributed by atoms with E-state index in [1.54, 1.807) is 19.1 Å². The van der Waals surface area contributed by atoms with E-state index in [9.17, 15) is 9.50 Å². The van der Waals surface area contributed by atoms with Crippen molar-refractivity contribution >= 4 is 0 Å². The van der Waals surface area contributed by atoms with Crippen molar-refractivity contribution < 1.29 is 9.50 Å². The van der Waals surface area contributed by atoms with Gasteiger partial charge in [0.25, 0.3) is 0 Å². The van der Waals surface area contributed by atoms with Gasteiger partial charge in [0.1, 0.15) is 5.82 Å². The number of aliphatic hydroxyl groups is 1. The van der Waals surface area contributed by atoms with Crippen molar-refractivity contribution in [1.82, 2.24) is 5.32 Å². The predicted molar refractivity (Wildman–Crippen MR) is 83.5 cm³/mol. The summed E-state index contributed by atoms with van der Waals surface area (Å²) in [5.74, 6) is -0.240. The third-order valence-corrected chi connectivity index (χ3v) is 3.76. The van der Waals surface area contributed by atoms with E-state index in [4.69, 9.17) is 0 Å². The summed E-state index contributed by atoms with van der Waals surface area (Å²) in [6, 6.07) is 14.8. The van der Waals surface area contributed by atoms with Crippen molar-refractivity contribution in [3.8, 4) is 0 Å². The lowest BCUT2D eigenvalue weighted by Crippen LogP contribution is -2.34. The molecule has 2 N–H and O–H groups in total. The highest BCUT2D eigenvalue weighted by atomic mass is 19.1. The molecule has 2 nitrogen and oxygen atoms in total. The van der Waals surface area contributed by atoms with Crippen LogP contribution in [0.3, 0.4) is 0 Å². The van der Waals surface area contributed by atoms with E-state index >= 15 is 0 Å². The molecule has 3 heteroatoms. The van der Waals surface area contributed by atoms with Gasteiger partial charge in [-0.05, 0) is 36.1 Å². The van der Waals surface area contributed by atoms with Crippen LogP contribution in [-0.2, 0) is 6.54 Å². The maximum absolute atomic E-state index is 13.3. The van der Waals surface area contributed by atoms with Gasteiger partial charge in [-0.1, -0.05) is 49.4 Å². The summed E-state index contributed by atoms with van der Waals surface area (Å²) in [5.41, 5.74) is 2.49. The summed E-state index contributed by atoms with van der Waals surface area (Å²) in [4.78, 5) is 0. The number of aryl methyl sites for hydroxylation is 1. The average Bonchev–Trinajstić information content (AvgIpc) is 2.51. The lowest BCUT2D eigenvalue weighted by molar-refractivity contribution is 0.125. The van der Waals surface area contributed by atoms with Crippen LogP contribution in [-0.4, -0.2) is 11.1 Å². The van der Waals surface area contributed by atoms with E-state index in [-0.39, 0.29) is 11.9 Å². The highest BCUT2D eigenvalue weighted by molar-refractivity contribution is 5.26. The van der Waals surface area contributed by atoms with E-state index in [1.165, 1.54) is 11.6 Å². The normalized spacial score (nSPS) is 13.9. The Morgan fingerprint density at radius 1 is 1.14 bits per heavy atom. The van der Waals surface area contributed by atoms with Gasteiger partial charge in [0.05, 0.1) is 6.10 Å². The molecule has 0 fully saturated rings. The van der Waals surface area contributed by atoms with Crippen molar-refractivity contribution in [2.24, 2.45) is 0 Å². The minimum absolute atomic E-state index is 0.0601. The van der Waals surface area contributed by atoms with E-state index in [0.717, 1.165) is 12.0 Å². The van der Waals surface area contributed by atoms with Crippen LogP contribution < -0.4 is 5.32 Å². The second-order valence-electron chi connectivity index (χ2n) is 5.33. The minimum atomic E-state index is -0.641. The molecule has 0 heterocycles. The summed E-state index contributed by atoms with van der Waals surface area (Å²) in [7, 11) is 0. The Morgan fingerprint density at radius 3 is 2.48 bits per heavy atom. The molecule has 21 heavy (non-hydrogen) atoms. The first kappa shape index (κ1) is 15.7. The van der Waals surface area contributed by atoms with Crippen LogP contribution in [0.1, 0.15) is 36.1 Å². The van der Waals surface area contributed by atoms with Crippen LogP contribution in [0.2, 0.25) is 0 Å². The number of rotatable bonds is 6. The Hall–Kier alpha value is -1.71. The molecule has 0 aromatic heterocycles. The second kappa shape index (κ2) is 7.34. The van der Waals surface area contributed by atoms with Crippen LogP contribution in [0.4, 0.5) is 4.39 Å². The zero-order valence-electron chi connectivity index (χ0n) is 12.5. The number of halogens is 1. The molecule has 0 spiro atoms. The molecule has 0 saturated heterocycles. The number of hydrogen-bond donors (Lipinski definition) is 2. The molecule has 112 valence electrons. The van der Waals surface area contributed by atoms with Gasteiger partial charge >= 0.3 is 0 Å². The fourth-order valence-corrected chi connectivity index (χ4v) is 2.41. The highest BCUT2D eigenvalue weighted by Crippen LogP contribution is 2.21. The van der Waals surface area contributed by atoms with Crippen LogP contribution >= 0.6 is 0 Å². The zero-order valence-corrected chi connectivity index (χ0v) is 12.5. The summed E-state index contributed by atoms with van der Waals surface area (Å²) >= 11 is 0. The predicted octanol–water partition coefficient (Wildman–Crippen LogP) is 3.74. The van der Waals surface area contributed by atoms with Gasteiger partial charge in [-0.2, -0.15) is 0 Å². The number of hydrogen-bond acceptors (Lipinski definition) is 2. The fourth-order valence-electron chi connectivity index (χ4n) is 2.41. The molecule has 0 aliphatic rings. The lowest BCUT2D eigenvalue weighted by Gasteiger charge is -2.24. The number of aliphatic hydroxyl groups excluding tert-OH is 1. The summed E-state index contributed by atoms with van der Waals surface area (Å²) in [6.07, 6.45) is 0.155. The van der Waals surface area contributed by atoms with Crippen molar-refractivity contribution in [3.05, 3.63) is 71.0 Å². The standard InChI is InChI=1S/C18H22FNO/c1-3-17(20-12-14-7-5-4-6-8-14)18(21)15-9-10-16(19)13(2)11-15/h4-11,17-18,20-21H,3,12H2,1-2H3. The average molecular weight is 287 g/mol. The zero-order chi connectivity index (χ0) is 15.2. The quantitative estimate of drug-likeness (QED) is 0.848. The van der Waals surface area contributed by atoms with E-state index in [0.29, 0.717) is 12.1 Å². The van der Waals surface area contributed by atoms with E-state index < -0.39 is 6.10 Å². The molecule has 0 amide bonds. The summed E-state index contributed by atoms with van der Waals surface area (Å²) < 4.78 is 13.3. The van der Waals surface area contributed by atoms with E-state index in [1.807, 2.05) is 37.3 Å². The maximum atomic E-state index is 13.3. The molecule has 0 saturated carbocycles. The van der Waals surface area contributed by atoms with Gasteiger partial charge < -0.3 is 10.4 Å². The van der Waals surface area contributed by atoms with Gasteiger partial charge in [-0.25, -0.2) is 4.39 Å². The highest BCUT2D eigenvalue weighted by Gasteiger charge is 2.19. The van der Waals surface area contributed by atoms with Crippen LogP contribution in [0.5, 0.6) is 0 Å². The minimum Gasteiger partial charge on any atom is -0.387 e. The van der Waals surface area contributed by atoms with Gasteiger partial charge in [-0.15, -0.1) is 0 Å². The van der Waals surface area contributed by atoms with Gasteiger partial charge in [0, 0.05) is 12.6 Å². The molecular weight excluding hydrogens is 265 g/mol. The molecule has 0 aliphatic carbocycles. The largest absolute Gasteiger partial charge is 0.387 e. The Kier molecular flexibility index (Phi) is 5.48. The summed E-state index contributed by atoms with van der Waals surface area (Å²) in [5, 5.41) is 13.9. The maximum Gasteiger partial charge on any atom is 0.126 e. The van der Waals surface area contributed by atoms with Gasteiger partial charge in [0.15, 0.2) is 0 Å². The molecule has 0 radical (unpaired) electrons. The first-order chi connectivity index (χ1) is 10.1. The Morgan fingerprint density at radius 2 is 1.86 bits per heavy atom. The second-order valence-corrected chi connectivity index (χ2v) is 5.33. The SMILES string of the molecule is CCC(NCc1ccccc1)C(O)c1ccc(F)c(C)c1. The van der Waals surface area contributed by atoms with Crippen molar-refractivity contribution in [3.63, 3.8) is 0 Å². The van der Waals surface area contributed by atoms with E-state index in [2.05, 4.69) is 5.32 Å². The van der Waals surface area contributed by atoms with Crippen molar-refractivity contribution in [2.75, 3.05) is 0 Å². The topological polar surface area (TPSA) is 32.3 Å². The van der Waals surface area contributed by atoms with Gasteiger partial charge in [0.2, 0.25) is 0 Å². The monoisotopic (exact) mass is 287 g/mol. The molecule has 2 atom stereocenters. The first-order valence-corrected chi connectivity index (χ1v) is 7.33. The fraction of sp³-hybridized carbons (Fsp3) is 0.333. The molecule has 0 aliphatic heterocycles. The molecule has 2 rings (SSSR count). The van der Waals surface area contributed by atoms with Crippen LogP contribution in [0, 0.1) is 12.7 Å². The Labute approximate surface area is 125 Å².